The Balaban J connectivity index is 1.67. The van der Waals surface area contributed by atoms with E-state index in [1.165, 1.54) is 16.1 Å². The third-order valence-corrected chi connectivity index (χ3v) is 4.16. The van der Waals surface area contributed by atoms with Gasteiger partial charge in [-0.1, -0.05) is 0 Å². The van der Waals surface area contributed by atoms with Crippen LogP contribution in [0.1, 0.15) is 5.82 Å². The topological polar surface area (TPSA) is 90.0 Å². The van der Waals surface area contributed by atoms with Crippen LogP contribution in [0.3, 0.4) is 0 Å². The SMILES string of the molecule is Cn1ccn2c(CNc3nsc4cccnc34)nnc2c1=O. The molecule has 0 fully saturated rings. The second kappa shape index (κ2) is 4.88. The Morgan fingerprint density at radius 3 is 3.14 bits per heavy atom. The van der Waals surface area contributed by atoms with Crippen molar-refractivity contribution in [1.82, 2.24) is 28.5 Å². The molecule has 0 bridgehead atoms. The van der Waals surface area contributed by atoms with Crippen LogP contribution in [0.2, 0.25) is 0 Å². The normalized spacial score (nSPS) is 11.3. The van der Waals surface area contributed by atoms with Crippen molar-refractivity contribution in [2.24, 2.45) is 7.05 Å². The molecule has 0 unspecified atom stereocenters. The quantitative estimate of drug-likeness (QED) is 0.608. The highest BCUT2D eigenvalue weighted by atomic mass is 32.1. The second-order valence-electron chi connectivity index (χ2n) is 4.76. The zero-order valence-corrected chi connectivity index (χ0v) is 12.4. The molecular formula is C13H11N7OS. The molecule has 4 aromatic heterocycles. The molecule has 0 saturated carbocycles. The predicted molar refractivity (Wildman–Crippen MR) is 83.0 cm³/mol. The molecule has 4 heterocycles. The van der Waals surface area contributed by atoms with Crippen LogP contribution in [0.15, 0.2) is 35.5 Å². The lowest BCUT2D eigenvalue weighted by Gasteiger charge is -2.03. The van der Waals surface area contributed by atoms with Crippen LogP contribution in [0.4, 0.5) is 5.82 Å². The number of pyridine rings is 1. The first-order valence-electron chi connectivity index (χ1n) is 6.57. The van der Waals surface area contributed by atoms with Gasteiger partial charge in [-0.3, -0.25) is 14.2 Å². The smallest absolute Gasteiger partial charge is 0.295 e. The van der Waals surface area contributed by atoms with Crippen molar-refractivity contribution in [2.75, 3.05) is 5.32 Å². The number of aromatic nitrogens is 6. The molecular weight excluding hydrogens is 302 g/mol. The minimum Gasteiger partial charge on any atom is -0.360 e. The van der Waals surface area contributed by atoms with Crippen molar-refractivity contribution in [3.05, 3.63) is 46.9 Å². The van der Waals surface area contributed by atoms with Crippen molar-refractivity contribution < 1.29 is 0 Å². The van der Waals surface area contributed by atoms with E-state index < -0.39 is 0 Å². The van der Waals surface area contributed by atoms with Crippen molar-refractivity contribution in [3.63, 3.8) is 0 Å². The highest BCUT2D eigenvalue weighted by Crippen LogP contribution is 2.24. The summed E-state index contributed by atoms with van der Waals surface area (Å²) in [6.45, 7) is 0.406. The zero-order valence-electron chi connectivity index (χ0n) is 11.6. The summed E-state index contributed by atoms with van der Waals surface area (Å²) in [5, 5.41) is 11.2. The maximum Gasteiger partial charge on any atom is 0.295 e. The third-order valence-electron chi connectivity index (χ3n) is 3.36. The van der Waals surface area contributed by atoms with Crippen molar-refractivity contribution in [1.29, 1.82) is 0 Å². The van der Waals surface area contributed by atoms with Crippen LogP contribution in [-0.2, 0) is 13.6 Å². The maximum atomic E-state index is 11.9. The summed E-state index contributed by atoms with van der Waals surface area (Å²) in [5.41, 5.74) is 0.960. The number of nitrogens with one attached hydrogen (secondary N) is 1. The molecule has 22 heavy (non-hydrogen) atoms. The molecule has 110 valence electrons. The van der Waals surface area contributed by atoms with Crippen molar-refractivity contribution in [3.8, 4) is 0 Å². The summed E-state index contributed by atoms with van der Waals surface area (Å²) in [5.74, 6) is 1.35. The summed E-state index contributed by atoms with van der Waals surface area (Å²) in [4.78, 5) is 16.3. The monoisotopic (exact) mass is 313 g/mol. The molecule has 0 radical (unpaired) electrons. The van der Waals surface area contributed by atoms with Gasteiger partial charge in [-0.25, -0.2) is 0 Å². The lowest BCUT2D eigenvalue weighted by atomic mass is 10.4. The summed E-state index contributed by atoms with van der Waals surface area (Å²) in [7, 11) is 1.68. The molecule has 9 heteroatoms. The molecule has 0 amide bonds. The Morgan fingerprint density at radius 1 is 1.32 bits per heavy atom. The molecule has 0 aliphatic carbocycles. The van der Waals surface area contributed by atoms with E-state index in [0.29, 0.717) is 23.8 Å². The van der Waals surface area contributed by atoms with E-state index in [4.69, 9.17) is 0 Å². The van der Waals surface area contributed by atoms with E-state index in [-0.39, 0.29) is 5.56 Å². The number of aryl methyl sites for hydroxylation is 1. The molecule has 0 aromatic carbocycles. The van der Waals surface area contributed by atoms with Crippen LogP contribution in [0.5, 0.6) is 0 Å². The Hall–Kier alpha value is -2.81. The fourth-order valence-corrected chi connectivity index (χ4v) is 2.91. The van der Waals surface area contributed by atoms with Gasteiger partial charge in [0.1, 0.15) is 5.52 Å². The van der Waals surface area contributed by atoms with E-state index in [1.807, 2.05) is 12.1 Å². The van der Waals surface area contributed by atoms with Gasteiger partial charge in [0.25, 0.3) is 5.56 Å². The minimum absolute atomic E-state index is 0.179. The van der Waals surface area contributed by atoms with Crippen molar-refractivity contribution in [2.45, 2.75) is 6.54 Å². The van der Waals surface area contributed by atoms with Gasteiger partial charge in [-0.15, -0.1) is 10.2 Å². The van der Waals surface area contributed by atoms with Gasteiger partial charge in [0.2, 0.25) is 5.65 Å². The highest BCUT2D eigenvalue weighted by molar-refractivity contribution is 7.13. The molecule has 4 aromatic rings. The largest absolute Gasteiger partial charge is 0.360 e. The average molecular weight is 313 g/mol. The van der Waals surface area contributed by atoms with E-state index in [9.17, 15) is 4.79 Å². The Kier molecular flexibility index (Phi) is 2.86. The van der Waals surface area contributed by atoms with Crippen molar-refractivity contribution >= 4 is 33.2 Å². The average Bonchev–Trinajstić information content (AvgIpc) is 3.13. The summed E-state index contributed by atoms with van der Waals surface area (Å²) in [6, 6.07) is 3.85. The van der Waals surface area contributed by atoms with Gasteiger partial charge < -0.3 is 9.88 Å². The van der Waals surface area contributed by atoms with E-state index in [2.05, 4.69) is 24.9 Å². The van der Waals surface area contributed by atoms with Gasteiger partial charge in [-0.2, -0.15) is 4.37 Å². The first-order chi connectivity index (χ1) is 10.7. The fourth-order valence-electron chi connectivity index (χ4n) is 2.20. The van der Waals surface area contributed by atoms with E-state index in [0.717, 1.165) is 10.2 Å². The Bertz CT molecular complexity index is 1030. The van der Waals surface area contributed by atoms with Gasteiger partial charge >= 0.3 is 0 Å². The molecule has 0 aliphatic rings. The number of rotatable bonds is 3. The molecule has 0 atom stereocenters. The summed E-state index contributed by atoms with van der Waals surface area (Å²) < 4.78 is 8.52. The molecule has 0 spiro atoms. The van der Waals surface area contributed by atoms with Crippen LogP contribution in [0, 0.1) is 0 Å². The number of anilines is 1. The Labute approximate surface area is 128 Å². The zero-order chi connectivity index (χ0) is 15.1. The molecule has 0 aliphatic heterocycles. The van der Waals surface area contributed by atoms with Gasteiger partial charge in [0.05, 0.1) is 11.2 Å². The molecule has 1 N–H and O–H groups in total. The standard InChI is InChI=1S/C13H11N7OS/c1-19-5-6-20-9(16-17-12(20)13(19)21)7-15-11-10-8(22-18-11)3-2-4-14-10/h2-6H,7H2,1H3,(H,15,18). The van der Waals surface area contributed by atoms with Crippen LogP contribution < -0.4 is 10.9 Å². The van der Waals surface area contributed by atoms with E-state index in [1.54, 1.807) is 30.0 Å². The highest BCUT2D eigenvalue weighted by Gasteiger charge is 2.11. The number of hydrogen-bond donors (Lipinski definition) is 1. The first kappa shape index (κ1) is 12.9. The lowest BCUT2D eigenvalue weighted by molar-refractivity contribution is 0.831. The van der Waals surface area contributed by atoms with Gasteiger partial charge in [-0.05, 0) is 23.7 Å². The first-order valence-corrected chi connectivity index (χ1v) is 7.35. The van der Waals surface area contributed by atoms with Crippen LogP contribution >= 0.6 is 11.5 Å². The number of fused-ring (bicyclic) bond motifs is 2. The predicted octanol–water partition coefficient (Wildman–Crippen LogP) is 1.04. The molecule has 4 rings (SSSR count). The lowest BCUT2D eigenvalue weighted by Crippen LogP contribution is -2.19. The number of nitrogens with zero attached hydrogens (tertiary/aromatic N) is 6. The van der Waals surface area contributed by atoms with Gasteiger partial charge in [0.15, 0.2) is 11.6 Å². The Morgan fingerprint density at radius 2 is 2.23 bits per heavy atom. The summed E-state index contributed by atoms with van der Waals surface area (Å²) in [6.07, 6.45) is 5.19. The summed E-state index contributed by atoms with van der Waals surface area (Å²) >= 11 is 1.39. The molecule has 8 nitrogen and oxygen atoms in total. The molecule has 0 saturated heterocycles. The maximum absolute atomic E-state index is 11.9. The third kappa shape index (κ3) is 1.94. The van der Waals surface area contributed by atoms with E-state index >= 15 is 0 Å². The number of hydrogen-bond acceptors (Lipinski definition) is 7. The second-order valence-corrected chi connectivity index (χ2v) is 5.56. The van der Waals surface area contributed by atoms with Crippen LogP contribution in [-0.4, -0.2) is 28.5 Å². The minimum atomic E-state index is -0.179. The van der Waals surface area contributed by atoms with Crippen LogP contribution in [0.25, 0.3) is 15.9 Å². The fraction of sp³-hybridized carbons (Fsp3) is 0.154. The van der Waals surface area contributed by atoms with Gasteiger partial charge in [0, 0.05) is 25.6 Å².